The summed E-state index contributed by atoms with van der Waals surface area (Å²) >= 11 is 1.78. The zero-order chi connectivity index (χ0) is 19.7. The number of H-pyrrole nitrogens is 1. The van der Waals surface area contributed by atoms with Crippen LogP contribution in [-0.2, 0) is 9.47 Å². The van der Waals surface area contributed by atoms with Gasteiger partial charge < -0.3 is 14.5 Å². The third kappa shape index (κ3) is 3.96. The van der Waals surface area contributed by atoms with Crippen LogP contribution >= 0.6 is 11.9 Å². The highest BCUT2D eigenvalue weighted by Crippen LogP contribution is 2.37. The quantitative estimate of drug-likeness (QED) is 0.650. The maximum absolute atomic E-state index is 5.92. The predicted molar refractivity (Wildman–Crippen MR) is 113 cm³/mol. The van der Waals surface area contributed by atoms with Crippen molar-refractivity contribution in [3.05, 3.63) is 54.1 Å². The summed E-state index contributed by atoms with van der Waals surface area (Å²) in [6, 6.07) is 16.5. The lowest BCUT2D eigenvalue weighted by molar-refractivity contribution is -0.178. The largest absolute Gasteiger partial charge is 0.346 e. The Morgan fingerprint density at radius 1 is 1.00 bits per heavy atom. The molecule has 2 fully saturated rings. The van der Waals surface area contributed by atoms with Gasteiger partial charge in [0.1, 0.15) is 0 Å². The second-order valence-corrected chi connectivity index (χ2v) is 8.67. The molecule has 2 saturated heterocycles. The van der Waals surface area contributed by atoms with Gasteiger partial charge in [0.05, 0.1) is 19.8 Å². The van der Waals surface area contributed by atoms with E-state index in [-0.39, 0.29) is 0 Å². The van der Waals surface area contributed by atoms with E-state index in [0.29, 0.717) is 13.2 Å². The van der Waals surface area contributed by atoms with Crippen LogP contribution in [0.2, 0.25) is 0 Å². The van der Waals surface area contributed by atoms with Crippen LogP contribution in [-0.4, -0.2) is 51.6 Å². The summed E-state index contributed by atoms with van der Waals surface area (Å²) in [4.78, 5) is 4.57. The molecule has 0 atom stereocenters. The van der Waals surface area contributed by atoms with Crippen LogP contribution in [0.4, 0.5) is 0 Å². The van der Waals surface area contributed by atoms with Crippen molar-refractivity contribution in [2.24, 2.45) is 0 Å². The van der Waals surface area contributed by atoms with Crippen molar-refractivity contribution in [1.82, 2.24) is 19.5 Å². The van der Waals surface area contributed by atoms with Crippen LogP contribution in [0.15, 0.2) is 53.4 Å². The minimum Gasteiger partial charge on any atom is -0.346 e. The van der Waals surface area contributed by atoms with E-state index in [4.69, 9.17) is 9.47 Å². The van der Waals surface area contributed by atoms with Crippen LogP contribution in [0.5, 0.6) is 0 Å². The standard InChI is InChI=1S/C22H24N4O2S/c1-16-8-9-18(21-23-20(24-25-21)17-6-3-2-4-7-17)14-19(16)29-26-11-5-10-22(15-26)27-12-13-28-22/h2-4,6-9,14H,5,10-13,15H2,1H3,(H,23,24,25). The van der Waals surface area contributed by atoms with Gasteiger partial charge in [-0.3, -0.25) is 0 Å². The highest BCUT2D eigenvalue weighted by Gasteiger charge is 2.41. The molecule has 0 amide bonds. The topological polar surface area (TPSA) is 63.3 Å². The van der Waals surface area contributed by atoms with Gasteiger partial charge >= 0.3 is 0 Å². The molecule has 7 heteroatoms. The Kier molecular flexibility index (Phi) is 5.13. The lowest BCUT2D eigenvalue weighted by Crippen LogP contribution is -2.46. The van der Waals surface area contributed by atoms with E-state index >= 15 is 0 Å². The minimum absolute atomic E-state index is 0.410. The number of rotatable bonds is 4. The first-order valence-electron chi connectivity index (χ1n) is 10.0. The number of aromatic nitrogens is 3. The Morgan fingerprint density at radius 3 is 2.55 bits per heavy atom. The number of nitrogens with one attached hydrogen (secondary N) is 1. The summed E-state index contributed by atoms with van der Waals surface area (Å²) in [5, 5.41) is 8.69. The smallest absolute Gasteiger partial charge is 0.182 e. The number of ether oxygens (including phenoxy) is 2. The van der Waals surface area contributed by atoms with E-state index in [1.54, 1.807) is 11.9 Å². The fourth-order valence-corrected chi connectivity index (χ4v) is 5.02. The first-order valence-corrected chi connectivity index (χ1v) is 10.8. The van der Waals surface area contributed by atoms with Crippen LogP contribution in [0.25, 0.3) is 22.8 Å². The van der Waals surface area contributed by atoms with Crippen molar-refractivity contribution >= 4 is 11.9 Å². The number of aromatic amines is 1. The fraction of sp³-hybridized carbons (Fsp3) is 0.364. The van der Waals surface area contributed by atoms with Crippen LogP contribution in [0.1, 0.15) is 18.4 Å². The molecule has 0 radical (unpaired) electrons. The maximum Gasteiger partial charge on any atom is 0.182 e. The summed E-state index contributed by atoms with van der Waals surface area (Å²) in [5.74, 6) is 1.15. The van der Waals surface area contributed by atoms with E-state index in [0.717, 1.165) is 48.7 Å². The van der Waals surface area contributed by atoms with E-state index < -0.39 is 5.79 Å². The fourth-order valence-electron chi connectivity index (χ4n) is 3.86. The van der Waals surface area contributed by atoms with Gasteiger partial charge in [-0.1, -0.05) is 42.5 Å². The summed E-state index contributed by atoms with van der Waals surface area (Å²) < 4.78 is 14.2. The van der Waals surface area contributed by atoms with Gasteiger partial charge in [0.25, 0.3) is 0 Å². The molecule has 2 aromatic carbocycles. The highest BCUT2D eigenvalue weighted by molar-refractivity contribution is 7.97. The monoisotopic (exact) mass is 408 g/mol. The van der Waals surface area contributed by atoms with Crippen molar-refractivity contribution in [3.8, 4) is 22.8 Å². The predicted octanol–water partition coefficient (Wildman–Crippen LogP) is 4.29. The molecule has 1 spiro atoms. The lowest BCUT2D eigenvalue weighted by Gasteiger charge is -2.37. The van der Waals surface area contributed by atoms with Gasteiger partial charge in [0, 0.05) is 29.0 Å². The van der Waals surface area contributed by atoms with Crippen molar-refractivity contribution in [1.29, 1.82) is 0 Å². The molecular weight excluding hydrogens is 384 g/mol. The van der Waals surface area contributed by atoms with Gasteiger partial charge in [-0.2, -0.15) is 0 Å². The third-order valence-electron chi connectivity index (χ3n) is 5.42. The Morgan fingerprint density at radius 2 is 1.76 bits per heavy atom. The summed E-state index contributed by atoms with van der Waals surface area (Å²) in [6.07, 6.45) is 2.05. The molecule has 150 valence electrons. The van der Waals surface area contributed by atoms with Crippen LogP contribution in [0.3, 0.4) is 0 Å². The van der Waals surface area contributed by atoms with E-state index in [9.17, 15) is 0 Å². The molecule has 0 unspecified atom stereocenters. The Balaban J connectivity index is 1.36. The molecule has 6 nitrogen and oxygen atoms in total. The third-order valence-corrected chi connectivity index (χ3v) is 6.63. The van der Waals surface area contributed by atoms with Gasteiger partial charge in [-0.05, 0) is 36.9 Å². The molecule has 1 aromatic heterocycles. The highest BCUT2D eigenvalue weighted by atomic mass is 32.2. The number of nitrogens with zero attached hydrogens (tertiary/aromatic N) is 3. The SMILES string of the molecule is Cc1ccc(-c2nnc(-c3ccccc3)[nH]2)cc1SN1CCCC2(C1)OCCO2. The maximum atomic E-state index is 5.92. The normalized spacial score (nSPS) is 19.1. The zero-order valence-electron chi connectivity index (χ0n) is 16.4. The Hall–Kier alpha value is -2.19. The molecule has 0 aliphatic carbocycles. The average Bonchev–Trinajstić information content (AvgIpc) is 3.41. The molecule has 3 aromatic rings. The van der Waals surface area contributed by atoms with Crippen LogP contribution < -0.4 is 0 Å². The molecule has 0 saturated carbocycles. The van der Waals surface area contributed by atoms with Gasteiger partial charge in [0.15, 0.2) is 17.4 Å². The van der Waals surface area contributed by atoms with Gasteiger partial charge in [-0.25, -0.2) is 4.31 Å². The van der Waals surface area contributed by atoms with Gasteiger partial charge in [-0.15, -0.1) is 10.2 Å². The zero-order valence-corrected chi connectivity index (χ0v) is 17.2. The van der Waals surface area contributed by atoms with Crippen LogP contribution in [0, 0.1) is 6.92 Å². The Labute approximate surface area is 174 Å². The second kappa shape index (κ2) is 7.91. The summed E-state index contributed by atoms with van der Waals surface area (Å²) in [6.45, 7) is 5.36. The van der Waals surface area contributed by atoms with Gasteiger partial charge in [0.2, 0.25) is 0 Å². The lowest BCUT2D eigenvalue weighted by atomic mass is 10.1. The first kappa shape index (κ1) is 18.8. The first-order chi connectivity index (χ1) is 14.2. The van der Waals surface area contributed by atoms with Crippen molar-refractivity contribution in [2.45, 2.75) is 30.4 Å². The minimum atomic E-state index is -0.410. The average molecular weight is 409 g/mol. The number of piperidine rings is 1. The van der Waals surface area contributed by atoms with E-state index in [1.165, 1.54) is 10.5 Å². The summed E-state index contributed by atoms with van der Waals surface area (Å²) in [7, 11) is 0. The van der Waals surface area contributed by atoms with Crippen molar-refractivity contribution in [2.75, 3.05) is 26.3 Å². The molecule has 29 heavy (non-hydrogen) atoms. The van der Waals surface area contributed by atoms with Crippen molar-refractivity contribution in [3.63, 3.8) is 0 Å². The molecule has 1 N–H and O–H groups in total. The number of hydrogen-bond donors (Lipinski definition) is 1. The van der Waals surface area contributed by atoms with E-state index in [2.05, 4.69) is 44.6 Å². The molecule has 0 bridgehead atoms. The molecular formula is C22H24N4O2S. The summed E-state index contributed by atoms with van der Waals surface area (Å²) in [5.41, 5.74) is 3.31. The molecule has 2 aliphatic heterocycles. The molecule has 3 heterocycles. The van der Waals surface area contributed by atoms with Crippen molar-refractivity contribution < 1.29 is 9.47 Å². The molecule has 2 aliphatic rings. The van der Waals surface area contributed by atoms with E-state index in [1.807, 2.05) is 30.3 Å². The number of aryl methyl sites for hydroxylation is 1. The second-order valence-electron chi connectivity index (χ2n) is 7.53. The number of hydrogen-bond acceptors (Lipinski definition) is 6. The molecule has 5 rings (SSSR count). The number of benzene rings is 2. The Bertz CT molecular complexity index is 985.